The second-order valence-electron chi connectivity index (χ2n) is 4.60. The molecule has 116 valence electrons. The molecule has 0 heterocycles. The van der Waals surface area contributed by atoms with Crippen molar-refractivity contribution in [1.29, 1.82) is 0 Å². The summed E-state index contributed by atoms with van der Waals surface area (Å²) >= 11 is 0. The highest BCUT2D eigenvalue weighted by atomic mass is 32.2. The van der Waals surface area contributed by atoms with Crippen LogP contribution in [-0.2, 0) is 20.0 Å². The molecule has 0 aromatic rings. The number of primary sulfonamides is 2. The van der Waals surface area contributed by atoms with E-state index in [1.807, 2.05) is 0 Å². The number of hydrogen-bond donors (Lipinski definition) is 2. The highest BCUT2D eigenvalue weighted by Gasteiger charge is 2.55. The van der Waals surface area contributed by atoms with Gasteiger partial charge >= 0.3 is 6.18 Å². The van der Waals surface area contributed by atoms with E-state index in [1.165, 1.54) is 0 Å². The SMILES string of the molecule is CC1=C(S(N)(=O)=O)C(S(N)(=O)=O)C=CC1(C)C(F)(F)F. The summed E-state index contributed by atoms with van der Waals surface area (Å²) in [5.74, 6) is 0. The molecule has 0 aromatic carbocycles. The van der Waals surface area contributed by atoms with Crippen LogP contribution >= 0.6 is 0 Å². The van der Waals surface area contributed by atoms with Gasteiger partial charge in [0.05, 0.1) is 4.91 Å². The van der Waals surface area contributed by atoms with Crippen molar-refractivity contribution in [3.63, 3.8) is 0 Å². The van der Waals surface area contributed by atoms with Crippen LogP contribution in [0.4, 0.5) is 13.2 Å². The maximum absolute atomic E-state index is 13.1. The Kier molecular flexibility index (Phi) is 3.90. The van der Waals surface area contributed by atoms with Gasteiger partial charge in [-0.2, -0.15) is 13.2 Å². The molecular formula is C9H13F3N2O4S2. The third-order valence-corrected chi connectivity index (χ3v) is 5.68. The first-order chi connectivity index (χ1) is 8.62. The van der Waals surface area contributed by atoms with Crippen LogP contribution in [0, 0.1) is 5.41 Å². The lowest BCUT2D eigenvalue weighted by atomic mass is 9.78. The van der Waals surface area contributed by atoms with Crippen LogP contribution in [0.25, 0.3) is 0 Å². The summed E-state index contributed by atoms with van der Waals surface area (Å²) in [5, 5.41) is 7.76. The molecule has 1 aliphatic rings. The van der Waals surface area contributed by atoms with Crippen LogP contribution < -0.4 is 10.3 Å². The van der Waals surface area contributed by atoms with Crippen molar-refractivity contribution in [3.8, 4) is 0 Å². The summed E-state index contributed by atoms with van der Waals surface area (Å²) in [7, 11) is -9.13. The zero-order chi connectivity index (χ0) is 16.1. The second kappa shape index (κ2) is 4.55. The van der Waals surface area contributed by atoms with Gasteiger partial charge < -0.3 is 0 Å². The van der Waals surface area contributed by atoms with Gasteiger partial charge in [-0.1, -0.05) is 12.2 Å². The molecule has 2 unspecified atom stereocenters. The van der Waals surface area contributed by atoms with Gasteiger partial charge in [-0.3, -0.25) is 0 Å². The largest absolute Gasteiger partial charge is 0.401 e. The molecule has 0 fully saturated rings. The molecule has 2 atom stereocenters. The summed E-state index contributed by atoms with van der Waals surface area (Å²) in [4.78, 5) is -1.04. The number of hydrogen-bond acceptors (Lipinski definition) is 4. The highest BCUT2D eigenvalue weighted by molar-refractivity contribution is 7.96. The van der Waals surface area contributed by atoms with Crippen LogP contribution in [0.3, 0.4) is 0 Å². The third-order valence-electron chi connectivity index (χ3n) is 3.26. The lowest BCUT2D eigenvalue weighted by Crippen LogP contribution is -2.44. The minimum atomic E-state index is -4.81. The highest BCUT2D eigenvalue weighted by Crippen LogP contribution is 2.49. The number of nitrogens with two attached hydrogens (primary N) is 2. The van der Waals surface area contributed by atoms with Gasteiger partial charge in [-0.15, -0.1) is 0 Å². The molecule has 0 aromatic heterocycles. The molecule has 20 heavy (non-hydrogen) atoms. The van der Waals surface area contributed by atoms with Crippen LogP contribution in [0.15, 0.2) is 22.6 Å². The maximum Gasteiger partial charge on any atom is 0.401 e. The molecule has 0 aliphatic heterocycles. The Bertz CT molecular complexity index is 691. The van der Waals surface area contributed by atoms with Gasteiger partial charge in [0.2, 0.25) is 20.0 Å². The predicted octanol–water partition coefficient (Wildman–Crippen LogP) is 0.344. The Morgan fingerprint density at radius 2 is 1.65 bits per heavy atom. The molecule has 4 N–H and O–H groups in total. The molecule has 6 nitrogen and oxygen atoms in total. The van der Waals surface area contributed by atoms with E-state index in [0.717, 1.165) is 13.8 Å². The van der Waals surface area contributed by atoms with Crippen molar-refractivity contribution in [2.75, 3.05) is 0 Å². The first-order valence-electron chi connectivity index (χ1n) is 5.14. The first-order valence-corrected chi connectivity index (χ1v) is 8.29. The van der Waals surface area contributed by atoms with E-state index in [4.69, 9.17) is 10.3 Å². The van der Waals surface area contributed by atoms with Crippen LogP contribution in [-0.4, -0.2) is 28.3 Å². The van der Waals surface area contributed by atoms with Crippen molar-refractivity contribution in [2.24, 2.45) is 15.7 Å². The minimum Gasteiger partial charge on any atom is -0.228 e. The molecule has 0 radical (unpaired) electrons. The number of halogens is 3. The molecule has 0 bridgehead atoms. The Balaban J connectivity index is 3.74. The number of allylic oxidation sites excluding steroid dienone is 2. The molecule has 0 amide bonds. The van der Waals surface area contributed by atoms with Gasteiger partial charge in [-0.25, -0.2) is 27.1 Å². The minimum absolute atomic E-state index is 0.575. The molecule has 1 rings (SSSR count). The van der Waals surface area contributed by atoms with E-state index < -0.39 is 47.4 Å². The average Bonchev–Trinajstić information content (AvgIpc) is 2.16. The molecule has 0 saturated carbocycles. The predicted molar refractivity (Wildman–Crippen MR) is 66.0 cm³/mol. The lowest BCUT2D eigenvalue weighted by molar-refractivity contribution is -0.187. The molecular weight excluding hydrogens is 321 g/mol. The summed E-state index contributed by atoms with van der Waals surface area (Å²) in [5.41, 5.74) is -3.34. The van der Waals surface area contributed by atoms with Crippen LogP contribution in [0.2, 0.25) is 0 Å². The lowest BCUT2D eigenvalue weighted by Gasteiger charge is -2.35. The van der Waals surface area contributed by atoms with Crippen molar-refractivity contribution >= 4 is 20.0 Å². The van der Waals surface area contributed by atoms with Crippen molar-refractivity contribution in [1.82, 2.24) is 0 Å². The van der Waals surface area contributed by atoms with E-state index in [-0.39, 0.29) is 0 Å². The Morgan fingerprint density at radius 3 is 1.95 bits per heavy atom. The topological polar surface area (TPSA) is 120 Å². The molecule has 11 heteroatoms. The van der Waals surface area contributed by atoms with Gasteiger partial charge in [0.25, 0.3) is 0 Å². The summed E-state index contributed by atoms with van der Waals surface area (Å²) in [6.45, 7) is 1.60. The normalized spacial score (nSPS) is 28.9. The van der Waals surface area contributed by atoms with Crippen molar-refractivity contribution < 1.29 is 30.0 Å². The van der Waals surface area contributed by atoms with Gasteiger partial charge in [-0.05, 0) is 19.4 Å². The van der Waals surface area contributed by atoms with E-state index >= 15 is 0 Å². The smallest absolute Gasteiger partial charge is 0.228 e. The van der Waals surface area contributed by atoms with Gasteiger partial charge in [0, 0.05) is 0 Å². The molecule has 0 spiro atoms. The zero-order valence-corrected chi connectivity index (χ0v) is 12.1. The van der Waals surface area contributed by atoms with E-state index in [9.17, 15) is 30.0 Å². The fourth-order valence-corrected chi connectivity index (χ4v) is 4.52. The summed E-state index contributed by atoms with van der Waals surface area (Å²) in [6.07, 6.45) is -3.64. The van der Waals surface area contributed by atoms with E-state index in [1.54, 1.807) is 0 Å². The fourth-order valence-electron chi connectivity index (χ4n) is 1.90. The number of rotatable bonds is 2. The molecule has 1 aliphatic carbocycles. The van der Waals surface area contributed by atoms with Crippen LogP contribution in [0.1, 0.15) is 13.8 Å². The van der Waals surface area contributed by atoms with Crippen molar-refractivity contribution in [2.45, 2.75) is 25.3 Å². The van der Waals surface area contributed by atoms with Crippen molar-refractivity contribution in [3.05, 3.63) is 22.6 Å². The monoisotopic (exact) mass is 334 g/mol. The Hall–Kier alpha value is -0.910. The molecule has 0 saturated heterocycles. The van der Waals surface area contributed by atoms with E-state index in [2.05, 4.69) is 0 Å². The third kappa shape index (κ3) is 2.75. The first kappa shape index (κ1) is 17.1. The maximum atomic E-state index is 13.1. The number of sulfonamides is 2. The second-order valence-corrected chi connectivity index (χ2v) is 7.82. The summed E-state index contributed by atoms with van der Waals surface area (Å²) < 4.78 is 84.8. The standard InChI is InChI=1S/C9H13F3N2O4S2/c1-5-7(20(14,17)18)6(19(13,15)16)3-4-8(5,2)9(10,11)12/h3-4,6H,1-2H3,(H2,13,15,16)(H2,14,17,18). The van der Waals surface area contributed by atoms with Gasteiger partial charge in [0.15, 0.2) is 0 Å². The Labute approximate surface area is 114 Å². The van der Waals surface area contributed by atoms with E-state index in [0.29, 0.717) is 12.2 Å². The quantitative estimate of drug-likeness (QED) is 0.708. The van der Waals surface area contributed by atoms with Crippen LogP contribution in [0.5, 0.6) is 0 Å². The Morgan fingerprint density at radius 1 is 1.20 bits per heavy atom. The fraction of sp³-hybridized carbons (Fsp3) is 0.556. The zero-order valence-electron chi connectivity index (χ0n) is 10.5. The number of alkyl halides is 3. The summed E-state index contributed by atoms with van der Waals surface area (Å²) in [6, 6.07) is 0. The van der Waals surface area contributed by atoms with Gasteiger partial charge in [0.1, 0.15) is 10.7 Å². The average molecular weight is 334 g/mol.